The number of halogens is 2. The third kappa shape index (κ3) is 3.95. The van der Waals surface area contributed by atoms with Crippen LogP contribution in [0.4, 0.5) is 20.6 Å². The zero-order valence-corrected chi connectivity index (χ0v) is 17.8. The zero-order valence-electron chi connectivity index (χ0n) is 17.1. The van der Waals surface area contributed by atoms with Crippen LogP contribution in [0.2, 0.25) is 5.02 Å². The molecule has 2 atom stereocenters. The largest absolute Gasteiger partial charge is 0.359 e. The number of hydrogen-bond donors (Lipinski definition) is 2. The molecular weight excluding hydrogens is 427 g/mol. The molecule has 3 heterocycles. The highest BCUT2D eigenvalue weighted by atomic mass is 35.5. The van der Waals surface area contributed by atoms with Crippen LogP contribution in [0.15, 0.2) is 24.4 Å². The number of fused-ring (bicyclic) bond motifs is 1. The van der Waals surface area contributed by atoms with Crippen LogP contribution in [-0.4, -0.2) is 52.2 Å². The van der Waals surface area contributed by atoms with Crippen molar-refractivity contribution in [2.45, 2.75) is 32.5 Å². The van der Waals surface area contributed by atoms with Crippen molar-refractivity contribution in [1.29, 1.82) is 0 Å². The molecule has 9 nitrogen and oxygen atoms in total. The Kier molecular flexibility index (Phi) is 5.57. The predicted octanol–water partition coefficient (Wildman–Crippen LogP) is 2.21. The van der Waals surface area contributed by atoms with E-state index in [4.69, 9.17) is 11.6 Å². The summed E-state index contributed by atoms with van der Waals surface area (Å²) in [5, 5.41) is 9.61. The predicted molar refractivity (Wildman–Crippen MR) is 112 cm³/mol. The molecule has 164 valence electrons. The van der Waals surface area contributed by atoms with Crippen molar-refractivity contribution in [3.05, 3.63) is 40.9 Å². The summed E-state index contributed by atoms with van der Waals surface area (Å²) in [5.41, 5.74) is 1.70. The Bertz CT molecular complexity index is 1060. The van der Waals surface area contributed by atoms with Crippen LogP contribution in [0.1, 0.15) is 19.0 Å². The smallest absolute Gasteiger partial charge is 0.322 e. The molecule has 2 aliphatic heterocycles. The molecule has 0 saturated carbocycles. The van der Waals surface area contributed by atoms with E-state index in [-0.39, 0.29) is 48.4 Å². The first-order valence-corrected chi connectivity index (χ1v) is 10.3. The molecule has 0 radical (unpaired) electrons. The van der Waals surface area contributed by atoms with Crippen molar-refractivity contribution in [2.75, 3.05) is 23.8 Å². The maximum Gasteiger partial charge on any atom is 0.322 e. The van der Waals surface area contributed by atoms with Gasteiger partial charge in [0.2, 0.25) is 11.8 Å². The highest BCUT2D eigenvalue weighted by Crippen LogP contribution is 2.32. The monoisotopic (exact) mass is 448 g/mol. The summed E-state index contributed by atoms with van der Waals surface area (Å²) in [4.78, 5) is 40.6. The lowest BCUT2D eigenvalue weighted by atomic mass is 10.1. The van der Waals surface area contributed by atoms with Crippen molar-refractivity contribution in [3.8, 4) is 0 Å². The lowest BCUT2D eigenvalue weighted by molar-refractivity contribution is -0.125. The number of hydrogen-bond acceptors (Lipinski definition) is 4. The van der Waals surface area contributed by atoms with Crippen molar-refractivity contribution in [3.63, 3.8) is 0 Å². The van der Waals surface area contributed by atoms with Crippen LogP contribution in [0, 0.1) is 11.7 Å². The molecule has 0 spiro atoms. The highest BCUT2D eigenvalue weighted by molar-refractivity contribution is 6.31. The van der Waals surface area contributed by atoms with Crippen LogP contribution in [0.3, 0.4) is 0 Å². The molecule has 1 saturated heterocycles. The fourth-order valence-corrected chi connectivity index (χ4v) is 4.15. The summed E-state index contributed by atoms with van der Waals surface area (Å²) in [5.74, 6) is -1.31. The second kappa shape index (κ2) is 8.18. The van der Waals surface area contributed by atoms with Gasteiger partial charge >= 0.3 is 6.03 Å². The number of carbonyl (C=O) groups excluding carboxylic acids is 3. The van der Waals surface area contributed by atoms with Gasteiger partial charge in [0.1, 0.15) is 5.82 Å². The number of anilines is 2. The Morgan fingerprint density at radius 2 is 2.06 bits per heavy atom. The van der Waals surface area contributed by atoms with Crippen LogP contribution < -0.4 is 15.5 Å². The molecule has 31 heavy (non-hydrogen) atoms. The molecule has 0 bridgehead atoms. The van der Waals surface area contributed by atoms with E-state index in [1.807, 2.05) is 6.92 Å². The SMILES string of the molecule is CNC(=O)C1CC(=O)N(c2cnn3c2CN(C(=O)Nc2ccc(F)c(Cl)c2)C(C)C3)C1. The quantitative estimate of drug-likeness (QED) is 0.751. The summed E-state index contributed by atoms with van der Waals surface area (Å²) in [6.07, 6.45) is 1.74. The number of nitrogens with zero attached hydrogens (tertiary/aromatic N) is 4. The normalized spacial score (nSPS) is 20.6. The average Bonchev–Trinajstić information content (AvgIpc) is 3.32. The fourth-order valence-electron chi connectivity index (χ4n) is 3.97. The number of rotatable bonds is 3. The lowest BCUT2D eigenvalue weighted by Gasteiger charge is -2.35. The van der Waals surface area contributed by atoms with Crippen molar-refractivity contribution < 1.29 is 18.8 Å². The Morgan fingerprint density at radius 3 is 2.77 bits per heavy atom. The van der Waals surface area contributed by atoms with Gasteiger partial charge in [-0.25, -0.2) is 9.18 Å². The average molecular weight is 449 g/mol. The Morgan fingerprint density at radius 1 is 1.29 bits per heavy atom. The number of amides is 4. The molecule has 2 aromatic rings. The van der Waals surface area contributed by atoms with Gasteiger partial charge in [0, 0.05) is 25.7 Å². The van der Waals surface area contributed by atoms with Gasteiger partial charge in [-0.05, 0) is 25.1 Å². The van der Waals surface area contributed by atoms with E-state index < -0.39 is 11.7 Å². The van der Waals surface area contributed by atoms with Gasteiger partial charge < -0.3 is 20.4 Å². The number of nitrogens with one attached hydrogen (secondary N) is 2. The van der Waals surface area contributed by atoms with E-state index in [1.54, 1.807) is 27.7 Å². The molecule has 2 aliphatic rings. The molecule has 1 fully saturated rings. The first-order valence-electron chi connectivity index (χ1n) is 9.87. The highest BCUT2D eigenvalue weighted by Gasteiger charge is 2.38. The fraction of sp³-hybridized carbons (Fsp3) is 0.400. The van der Waals surface area contributed by atoms with E-state index in [2.05, 4.69) is 15.7 Å². The molecule has 1 aromatic heterocycles. The Hall–Kier alpha value is -3.14. The summed E-state index contributed by atoms with van der Waals surface area (Å²) >= 11 is 5.80. The van der Waals surface area contributed by atoms with Crippen molar-refractivity contribution in [2.24, 2.45) is 5.92 Å². The topological polar surface area (TPSA) is 99.6 Å². The molecule has 2 N–H and O–H groups in total. The van der Waals surface area contributed by atoms with Crippen LogP contribution in [0.25, 0.3) is 0 Å². The zero-order chi connectivity index (χ0) is 22.3. The minimum absolute atomic E-state index is 0.0805. The lowest BCUT2D eigenvalue weighted by Crippen LogP contribution is -2.47. The van der Waals surface area contributed by atoms with Gasteiger partial charge in [-0.15, -0.1) is 0 Å². The number of aromatic nitrogens is 2. The van der Waals surface area contributed by atoms with Crippen molar-refractivity contribution in [1.82, 2.24) is 20.0 Å². The van der Waals surface area contributed by atoms with E-state index in [0.29, 0.717) is 17.9 Å². The van der Waals surface area contributed by atoms with E-state index >= 15 is 0 Å². The summed E-state index contributed by atoms with van der Waals surface area (Å²) in [7, 11) is 1.55. The third-order valence-corrected chi connectivity index (χ3v) is 5.97. The number of carbonyl (C=O) groups is 3. The standard InChI is InChI=1S/C20H22ClFN6O3/c1-11-8-28-17(10-26(11)20(31)25-13-3-4-15(22)14(21)6-13)16(7-24-28)27-9-12(5-18(27)29)19(30)23-2/h3-4,6-7,11-12H,5,8-10H2,1-2H3,(H,23,30)(H,25,31). The molecule has 4 amide bonds. The number of benzene rings is 1. The van der Waals surface area contributed by atoms with E-state index in [9.17, 15) is 18.8 Å². The summed E-state index contributed by atoms with van der Waals surface area (Å²) in [6.45, 7) is 2.84. The van der Waals surface area contributed by atoms with E-state index in [0.717, 1.165) is 5.69 Å². The molecular formula is C20H22ClFN6O3. The minimum Gasteiger partial charge on any atom is -0.359 e. The molecule has 1 aromatic carbocycles. The first kappa shape index (κ1) is 21.1. The van der Waals surface area contributed by atoms with Gasteiger partial charge in [0.15, 0.2) is 0 Å². The third-order valence-electron chi connectivity index (χ3n) is 5.68. The van der Waals surface area contributed by atoms with Crippen LogP contribution in [-0.2, 0) is 22.7 Å². The van der Waals surface area contributed by atoms with Gasteiger partial charge in [0.25, 0.3) is 0 Å². The van der Waals surface area contributed by atoms with Gasteiger partial charge in [-0.2, -0.15) is 5.10 Å². The van der Waals surface area contributed by atoms with Gasteiger partial charge in [0.05, 0.1) is 47.7 Å². The Labute approximate surface area is 183 Å². The van der Waals surface area contributed by atoms with E-state index in [1.165, 1.54) is 18.2 Å². The molecule has 2 unspecified atom stereocenters. The Balaban J connectivity index is 1.53. The number of urea groups is 1. The van der Waals surface area contributed by atoms with Crippen LogP contribution >= 0.6 is 11.6 Å². The maximum atomic E-state index is 13.4. The van der Waals surface area contributed by atoms with Crippen molar-refractivity contribution >= 4 is 40.8 Å². The summed E-state index contributed by atoms with van der Waals surface area (Å²) in [6, 6.07) is 3.44. The molecule has 4 rings (SSSR count). The van der Waals surface area contributed by atoms with Gasteiger partial charge in [-0.3, -0.25) is 14.3 Å². The summed E-state index contributed by atoms with van der Waals surface area (Å²) < 4.78 is 15.2. The second-order valence-electron chi connectivity index (χ2n) is 7.71. The molecule has 11 heteroatoms. The van der Waals surface area contributed by atoms with Gasteiger partial charge in [-0.1, -0.05) is 11.6 Å². The van der Waals surface area contributed by atoms with Crippen LogP contribution in [0.5, 0.6) is 0 Å². The minimum atomic E-state index is -0.565. The second-order valence-corrected chi connectivity index (χ2v) is 8.12. The maximum absolute atomic E-state index is 13.4. The molecule has 0 aliphatic carbocycles. The first-order chi connectivity index (χ1) is 14.8.